The number of benzene rings is 2. The van der Waals surface area contributed by atoms with Crippen LogP contribution < -0.4 is 26.2 Å². The molecule has 4 heterocycles. The Morgan fingerprint density at radius 3 is 2.47 bits per heavy atom. The third-order valence-electron chi connectivity index (χ3n) is 8.72. The summed E-state index contributed by atoms with van der Waals surface area (Å²) in [6.07, 6.45) is -5.97. The van der Waals surface area contributed by atoms with E-state index < -0.39 is 100 Å². The van der Waals surface area contributed by atoms with E-state index in [0.29, 0.717) is 11.8 Å². The number of amides is 5. The normalized spacial score (nSPS) is 25.5. The molecule has 0 unspecified atom stereocenters. The van der Waals surface area contributed by atoms with E-state index in [-0.39, 0.29) is 12.4 Å². The van der Waals surface area contributed by atoms with Gasteiger partial charge in [0.15, 0.2) is 5.66 Å². The molecule has 5 amide bonds. The van der Waals surface area contributed by atoms with Crippen LogP contribution in [0.15, 0.2) is 72.0 Å². The van der Waals surface area contributed by atoms with Crippen molar-refractivity contribution in [3.8, 4) is 0 Å². The number of urea groups is 1. The van der Waals surface area contributed by atoms with Crippen LogP contribution in [0, 0.1) is 0 Å². The van der Waals surface area contributed by atoms with E-state index in [9.17, 15) is 42.6 Å². The lowest BCUT2D eigenvalue weighted by Gasteiger charge is -2.49. The van der Waals surface area contributed by atoms with Crippen LogP contribution >= 0.6 is 34.8 Å². The monoisotopic (exact) mass is 774 g/mol. The van der Waals surface area contributed by atoms with Crippen molar-refractivity contribution >= 4 is 70.4 Å². The van der Waals surface area contributed by atoms with Crippen molar-refractivity contribution in [1.82, 2.24) is 31.1 Å². The van der Waals surface area contributed by atoms with E-state index in [1.807, 2.05) is 0 Å². The Balaban J connectivity index is 1.35. The Morgan fingerprint density at radius 1 is 1.10 bits per heavy atom. The molecule has 272 valence electrons. The number of guanidine groups is 1. The third-order valence-corrected chi connectivity index (χ3v) is 9.05. The number of halogens is 6. The number of para-hydroxylation sites is 1. The van der Waals surface area contributed by atoms with Crippen LogP contribution in [0.4, 0.5) is 28.4 Å². The molecule has 0 saturated carbocycles. The van der Waals surface area contributed by atoms with Crippen molar-refractivity contribution in [2.24, 2.45) is 4.99 Å². The summed E-state index contributed by atoms with van der Waals surface area (Å²) >= 11 is 17.1. The first-order valence-corrected chi connectivity index (χ1v) is 16.1. The van der Waals surface area contributed by atoms with Crippen molar-refractivity contribution in [3.63, 3.8) is 0 Å². The molecular formula is C30H28Cl3F3N8O7. The predicted molar refractivity (Wildman–Crippen MR) is 175 cm³/mol. The molecule has 6 N–H and O–H groups in total. The molecule has 0 aromatic heterocycles. The van der Waals surface area contributed by atoms with Crippen molar-refractivity contribution < 1.29 is 47.3 Å². The maximum atomic E-state index is 13.5. The minimum Gasteiger partial charge on any atom is -0.445 e. The molecule has 3 fully saturated rings. The maximum absolute atomic E-state index is 13.5. The average Bonchev–Trinajstić information content (AvgIpc) is 3.64. The van der Waals surface area contributed by atoms with Gasteiger partial charge < -0.3 is 35.8 Å². The number of carbonyl (C=O) groups is 4. The zero-order valence-electron chi connectivity index (χ0n) is 26.0. The van der Waals surface area contributed by atoms with Gasteiger partial charge in [-0.1, -0.05) is 65.6 Å². The molecule has 2 aromatic carbocycles. The number of anilines is 1. The summed E-state index contributed by atoms with van der Waals surface area (Å²) in [6, 6.07) is 7.02. The Kier molecular flexibility index (Phi) is 9.20. The number of carbonyl (C=O) groups excluding carboxylic acids is 4. The van der Waals surface area contributed by atoms with Crippen LogP contribution in [0.25, 0.3) is 0 Å². The summed E-state index contributed by atoms with van der Waals surface area (Å²) in [6.45, 7) is 1.84. The number of ether oxygens (including phenoxy) is 1. The van der Waals surface area contributed by atoms with Crippen LogP contribution in [0.3, 0.4) is 0 Å². The van der Waals surface area contributed by atoms with Gasteiger partial charge in [0.05, 0.1) is 30.0 Å². The first kappa shape index (κ1) is 36.3. The molecule has 2 aromatic rings. The first-order valence-electron chi connectivity index (χ1n) is 15.0. The summed E-state index contributed by atoms with van der Waals surface area (Å²) in [7, 11) is 0. The molecule has 1 spiro atoms. The molecule has 6 rings (SSSR count). The molecule has 51 heavy (non-hydrogen) atoms. The van der Waals surface area contributed by atoms with Crippen molar-refractivity contribution in [1.29, 1.82) is 0 Å². The number of nitrogens with zero attached hydrogens (tertiary/aromatic N) is 4. The van der Waals surface area contributed by atoms with E-state index in [4.69, 9.17) is 39.5 Å². The number of alkyl carbamates (subject to hydrolysis) is 1. The highest BCUT2D eigenvalue weighted by Crippen LogP contribution is 2.45. The van der Waals surface area contributed by atoms with Crippen LogP contribution in [0.1, 0.15) is 15.9 Å². The lowest BCUT2D eigenvalue weighted by molar-refractivity contribution is -0.231. The van der Waals surface area contributed by atoms with Gasteiger partial charge in [0, 0.05) is 17.8 Å². The summed E-state index contributed by atoms with van der Waals surface area (Å²) in [5.74, 6) is -5.08. The first-order chi connectivity index (χ1) is 23.8. The number of hydrogen-bond acceptors (Lipinski definition) is 11. The van der Waals surface area contributed by atoms with E-state index in [2.05, 4.69) is 32.8 Å². The van der Waals surface area contributed by atoms with Crippen LogP contribution in [0.2, 0.25) is 0 Å². The largest absolute Gasteiger partial charge is 0.445 e. The average molecular weight is 776 g/mol. The second-order valence-corrected chi connectivity index (χ2v) is 14.5. The fourth-order valence-corrected chi connectivity index (χ4v) is 6.67. The second kappa shape index (κ2) is 12.9. The van der Waals surface area contributed by atoms with Gasteiger partial charge in [-0.25, -0.2) is 14.6 Å². The fourth-order valence-electron chi connectivity index (χ4n) is 6.50. The molecular weight excluding hydrogens is 748 g/mol. The maximum Gasteiger partial charge on any atom is 0.416 e. The van der Waals surface area contributed by atoms with Crippen molar-refractivity contribution in [2.45, 2.75) is 39.5 Å². The quantitative estimate of drug-likeness (QED) is 0.144. The number of nitrogens with one attached hydrogen (secondary N) is 4. The van der Waals surface area contributed by atoms with Gasteiger partial charge in [0.2, 0.25) is 15.5 Å². The smallest absolute Gasteiger partial charge is 0.416 e. The Hall–Kier alpha value is -4.49. The standard InChI is InChI=1S/C30H28Cl3F3N8O7/c1-15-37-22-19(11-43-21(45)13-42(26(43)48)18-8-3-2-4-9-18)38-24(40-25(47)51-14-27(31,32)33)44-12-20(29(49,50)28(22,44)41-15)39-23(46)16-6-5-7-17(10-16)30(34,35)36/h2-10,19-20,22,37,41,49-50H,1,11-14H2,(H,39,46)(H,38,40,47)/t19-,20-,22-,28-/m0/s1. The molecule has 0 radical (unpaired) electrons. The number of aliphatic imine (C=N–C) groups is 1. The highest BCUT2D eigenvalue weighted by molar-refractivity contribution is 6.67. The minimum atomic E-state index is -4.76. The second-order valence-electron chi connectivity index (χ2n) is 12.0. The zero-order chi connectivity index (χ0) is 37.1. The van der Waals surface area contributed by atoms with Gasteiger partial charge >= 0.3 is 18.3 Å². The highest BCUT2D eigenvalue weighted by atomic mass is 35.6. The number of alkyl halides is 6. The lowest BCUT2D eigenvalue weighted by Crippen LogP contribution is -2.78. The molecule has 4 aliphatic rings. The minimum absolute atomic E-state index is 0.0209. The van der Waals surface area contributed by atoms with Gasteiger partial charge in [-0.15, -0.1) is 0 Å². The number of imide groups is 1. The van der Waals surface area contributed by atoms with Gasteiger partial charge in [-0.3, -0.25) is 24.7 Å². The fraction of sp³-hybridized carbons (Fsp3) is 0.367. The SMILES string of the molecule is C=C1N[C@H]2[C@H](CN3C(=O)CN(c4ccccc4)C3=O)N=C(NC(=O)OCC(Cl)(Cl)Cl)N3C[C@H](NC(=O)c4cccc(C(F)(F)F)c4)C(O)(O)[C@]23N1. The molecule has 0 bridgehead atoms. The van der Waals surface area contributed by atoms with Gasteiger partial charge in [0.25, 0.3) is 11.8 Å². The third kappa shape index (κ3) is 6.69. The van der Waals surface area contributed by atoms with Crippen LogP contribution in [-0.2, 0) is 15.7 Å². The topological polar surface area (TPSA) is 188 Å². The van der Waals surface area contributed by atoms with E-state index in [0.717, 1.165) is 28.0 Å². The summed E-state index contributed by atoms with van der Waals surface area (Å²) in [5, 5.41) is 34.3. The van der Waals surface area contributed by atoms with Crippen LogP contribution in [0.5, 0.6) is 0 Å². The molecule has 0 aliphatic carbocycles. The lowest BCUT2D eigenvalue weighted by atomic mass is 9.85. The van der Waals surface area contributed by atoms with Crippen molar-refractivity contribution in [3.05, 3.63) is 78.1 Å². The van der Waals surface area contributed by atoms with Gasteiger partial charge in [-0.05, 0) is 30.3 Å². The number of aliphatic hydroxyl groups is 2. The Labute approximate surface area is 301 Å². The molecule has 4 atom stereocenters. The molecule has 21 heteroatoms. The molecule has 3 saturated heterocycles. The Morgan fingerprint density at radius 2 is 1.80 bits per heavy atom. The number of hydrogen-bond donors (Lipinski definition) is 6. The van der Waals surface area contributed by atoms with E-state index >= 15 is 0 Å². The van der Waals surface area contributed by atoms with E-state index in [1.165, 1.54) is 4.90 Å². The summed E-state index contributed by atoms with van der Waals surface area (Å²) in [4.78, 5) is 60.7. The van der Waals surface area contributed by atoms with Crippen molar-refractivity contribution in [2.75, 3.05) is 31.1 Å². The molecule has 15 nitrogen and oxygen atoms in total. The molecule has 4 aliphatic heterocycles. The highest BCUT2D eigenvalue weighted by Gasteiger charge is 2.74. The van der Waals surface area contributed by atoms with E-state index in [1.54, 1.807) is 30.3 Å². The zero-order valence-corrected chi connectivity index (χ0v) is 28.2. The predicted octanol–water partition coefficient (Wildman–Crippen LogP) is 1.83. The number of rotatable bonds is 6. The summed E-state index contributed by atoms with van der Waals surface area (Å²) < 4.78 is 43.1. The van der Waals surface area contributed by atoms with Gasteiger partial charge in [0.1, 0.15) is 19.2 Å². The van der Waals surface area contributed by atoms with Crippen LogP contribution in [-0.4, -0.2) is 110 Å². The van der Waals surface area contributed by atoms with Gasteiger partial charge in [-0.2, -0.15) is 13.2 Å². The summed E-state index contributed by atoms with van der Waals surface area (Å²) in [5.41, 5.74) is -3.25. The Bertz CT molecular complexity index is 1810.